The first kappa shape index (κ1) is 25.6. The molecular weight excluding hydrogens is 434 g/mol. The van der Waals surface area contributed by atoms with Crippen molar-refractivity contribution >= 4 is 29.5 Å². The number of nitrogens with two attached hydrogens (primary N) is 1. The fourth-order valence-electron chi connectivity index (χ4n) is 2.90. The third-order valence-electron chi connectivity index (χ3n) is 4.81. The van der Waals surface area contributed by atoms with Gasteiger partial charge in [0.05, 0.1) is 20.1 Å². The molecule has 0 radical (unpaired) electrons. The van der Waals surface area contributed by atoms with Gasteiger partial charge in [-0.05, 0) is 6.42 Å². The van der Waals surface area contributed by atoms with Crippen molar-refractivity contribution in [2.45, 2.75) is 44.4 Å². The average molecular weight is 463 g/mol. The lowest BCUT2D eigenvalue weighted by Gasteiger charge is -2.18. The molecule has 12 nitrogen and oxygen atoms in total. The predicted molar refractivity (Wildman–Crippen MR) is 118 cm³/mol. The van der Waals surface area contributed by atoms with Crippen LogP contribution in [0.2, 0.25) is 0 Å². The van der Waals surface area contributed by atoms with Crippen molar-refractivity contribution < 1.29 is 33.8 Å². The minimum Gasteiger partial charge on any atom is -0.467 e. The summed E-state index contributed by atoms with van der Waals surface area (Å²) in [5.41, 5.74) is 6.75. The lowest BCUT2D eigenvalue weighted by molar-refractivity contribution is -0.143. The average Bonchev–Trinajstić information content (AvgIpc) is 3.16. The number of esters is 1. The molecule has 12 heteroatoms. The molecule has 1 aromatic carbocycles. The molecule has 2 rings (SSSR count). The van der Waals surface area contributed by atoms with Gasteiger partial charge in [0.25, 0.3) is 0 Å². The Morgan fingerprint density at radius 2 is 2.00 bits per heavy atom. The number of carbonyl (C=O) groups is 3. The van der Waals surface area contributed by atoms with E-state index in [0.717, 1.165) is 13.5 Å². The van der Waals surface area contributed by atoms with E-state index < -0.39 is 36.2 Å². The molecule has 6 N–H and O–H groups in total. The van der Waals surface area contributed by atoms with E-state index in [4.69, 9.17) is 20.7 Å². The van der Waals surface area contributed by atoms with Crippen LogP contribution in [0.25, 0.3) is 0 Å². The molecule has 0 saturated carbocycles. The highest BCUT2D eigenvalue weighted by Crippen LogP contribution is 2.20. The molecule has 1 aliphatic rings. The summed E-state index contributed by atoms with van der Waals surface area (Å²) in [4.78, 5) is 41.2. The summed E-state index contributed by atoms with van der Waals surface area (Å²) < 4.78 is 9.60. The minimum absolute atomic E-state index is 0.0878. The van der Waals surface area contributed by atoms with Crippen molar-refractivity contribution in [3.8, 4) is 0 Å². The maximum Gasteiger partial charge on any atom is 0.407 e. The molecule has 0 saturated heterocycles. The van der Waals surface area contributed by atoms with Crippen LogP contribution in [0.4, 0.5) is 4.79 Å². The van der Waals surface area contributed by atoms with E-state index in [9.17, 15) is 19.5 Å². The number of unbranched alkanes of at least 4 members (excludes halogenated alkanes) is 1. The standard InChI is InChI=1S/C21H29N5O7/c1-3-4-9-32-21(30)25-14(20(29)31-2)11-24-16(27)10-15-18(28)17(26-33-15)12-5-7-13(8-6-12)19(22)23/h5-8,14-15,18,28H,3-4,9-11H2,1-2H3,(H3,22,23)(H,24,27)(H,25,30)/t14-,15-,18-/m0/s1. The molecule has 1 aliphatic heterocycles. The summed E-state index contributed by atoms with van der Waals surface area (Å²) >= 11 is 0. The highest BCUT2D eigenvalue weighted by atomic mass is 16.7. The number of hydrogen-bond donors (Lipinski definition) is 5. The third kappa shape index (κ3) is 7.45. The van der Waals surface area contributed by atoms with Gasteiger partial charge in [0.1, 0.15) is 23.7 Å². The second kappa shape index (κ2) is 12.4. The predicted octanol–water partition coefficient (Wildman–Crippen LogP) is 0.00867. The smallest absolute Gasteiger partial charge is 0.407 e. The fraction of sp³-hybridized carbons (Fsp3) is 0.476. The molecule has 1 aromatic rings. The number of rotatable bonds is 11. The SMILES string of the molecule is CCCCOC(=O)N[C@@H](CNC(=O)C[C@@H]1ON=C(c2ccc(C(=N)N)cc2)[C@H]1O)C(=O)OC. The van der Waals surface area contributed by atoms with Crippen LogP contribution in [0.5, 0.6) is 0 Å². The summed E-state index contributed by atoms with van der Waals surface area (Å²) in [7, 11) is 1.16. The van der Waals surface area contributed by atoms with E-state index in [1.165, 1.54) is 0 Å². The van der Waals surface area contributed by atoms with Crippen molar-refractivity contribution in [1.82, 2.24) is 10.6 Å². The third-order valence-corrected chi connectivity index (χ3v) is 4.81. The Balaban J connectivity index is 1.86. The Hall–Kier alpha value is -3.67. The van der Waals surface area contributed by atoms with Crippen LogP contribution in [-0.2, 0) is 23.9 Å². The molecular formula is C21H29N5O7. The van der Waals surface area contributed by atoms with Crippen LogP contribution < -0.4 is 16.4 Å². The van der Waals surface area contributed by atoms with Gasteiger partial charge in [-0.25, -0.2) is 9.59 Å². The number of oxime groups is 1. The maximum atomic E-state index is 12.3. The zero-order chi connectivity index (χ0) is 24.4. The molecule has 2 amide bonds. The Bertz CT molecular complexity index is 887. The second-order valence-corrected chi connectivity index (χ2v) is 7.27. The summed E-state index contributed by atoms with van der Waals surface area (Å²) in [6.07, 6.45) is -1.61. The number of methoxy groups -OCH3 is 1. The zero-order valence-corrected chi connectivity index (χ0v) is 18.5. The van der Waals surface area contributed by atoms with Gasteiger partial charge in [0.15, 0.2) is 6.10 Å². The molecule has 180 valence electrons. The normalized spacial score (nSPS) is 17.8. The van der Waals surface area contributed by atoms with Crippen LogP contribution in [0.15, 0.2) is 29.4 Å². The fourth-order valence-corrected chi connectivity index (χ4v) is 2.90. The number of ether oxygens (including phenoxy) is 2. The number of amides is 2. The monoisotopic (exact) mass is 463 g/mol. The lowest BCUT2D eigenvalue weighted by Crippen LogP contribution is -2.49. The first-order valence-corrected chi connectivity index (χ1v) is 10.4. The van der Waals surface area contributed by atoms with Crippen molar-refractivity contribution in [2.24, 2.45) is 10.9 Å². The summed E-state index contributed by atoms with van der Waals surface area (Å²) in [6, 6.07) is 5.35. The second-order valence-electron chi connectivity index (χ2n) is 7.27. The number of hydrogen-bond acceptors (Lipinski definition) is 9. The molecule has 0 fully saturated rings. The van der Waals surface area contributed by atoms with E-state index in [1.807, 2.05) is 6.92 Å². The Kier molecular flexibility index (Phi) is 9.61. The van der Waals surface area contributed by atoms with Crippen LogP contribution in [0.1, 0.15) is 37.3 Å². The summed E-state index contributed by atoms with van der Waals surface area (Å²) in [6.45, 7) is 1.91. The largest absolute Gasteiger partial charge is 0.467 e. The molecule has 1 heterocycles. The van der Waals surface area contributed by atoms with Gasteiger partial charge in [-0.2, -0.15) is 0 Å². The number of benzene rings is 1. The first-order chi connectivity index (χ1) is 15.8. The maximum absolute atomic E-state index is 12.3. The first-order valence-electron chi connectivity index (χ1n) is 10.4. The number of nitrogens with one attached hydrogen (secondary N) is 3. The molecule has 0 spiro atoms. The Labute approximate surface area is 190 Å². The van der Waals surface area contributed by atoms with E-state index in [-0.39, 0.29) is 31.1 Å². The molecule has 33 heavy (non-hydrogen) atoms. The van der Waals surface area contributed by atoms with Gasteiger partial charge in [-0.1, -0.05) is 42.8 Å². The summed E-state index contributed by atoms with van der Waals surface area (Å²) in [5.74, 6) is -1.37. The van der Waals surface area contributed by atoms with Crippen molar-refractivity contribution in [3.05, 3.63) is 35.4 Å². The Morgan fingerprint density at radius 3 is 2.61 bits per heavy atom. The molecule has 3 atom stereocenters. The molecule has 0 aliphatic carbocycles. The zero-order valence-electron chi connectivity index (χ0n) is 18.5. The van der Waals surface area contributed by atoms with Gasteiger partial charge >= 0.3 is 12.1 Å². The van der Waals surface area contributed by atoms with Crippen molar-refractivity contribution in [1.29, 1.82) is 5.41 Å². The number of alkyl carbamates (subject to hydrolysis) is 1. The number of aliphatic hydroxyl groups excluding tert-OH is 1. The highest BCUT2D eigenvalue weighted by Gasteiger charge is 2.35. The summed E-state index contributed by atoms with van der Waals surface area (Å²) in [5, 5.41) is 26.6. The van der Waals surface area contributed by atoms with Gasteiger partial charge in [0.2, 0.25) is 5.91 Å². The van der Waals surface area contributed by atoms with Crippen LogP contribution in [-0.4, -0.2) is 73.1 Å². The van der Waals surface area contributed by atoms with E-state index >= 15 is 0 Å². The number of aliphatic hydroxyl groups is 1. The van der Waals surface area contributed by atoms with Crippen LogP contribution in [0, 0.1) is 5.41 Å². The topological polar surface area (TPSA) is 185 Å². The minimum atomic E-state index is -1.16. The van der Waals surface area contributed by atoms with Gasteiger partial charge in [-0.15, -0.1) is 0 Å². The van der Waals surface area contributed by atoms with E-state index in [1.54, 1.807) is 24.3 Å². The molecule has 0 unspecified atom stereocenters. The van der Waals surface area contributed by atoms with Crippen LogP contribution >= 0.6 is 0 Å². The van der Waals surface area contributed by atoms with Gasteiger partial charge in [0, 0.05) is 17.7 Å². The van der Waals surface area contributed by atoms with Crippen molar-refractivity contribution in [2.75, 3.05) is 20.3 Å². The van der Waals surface area contributed by atoms with Gasteiger partial charge < -0.3 is 35.8 Å². The van der Waals surface area contributed by atoms with E-state index in [2.05, 4.69) is 20.5 Å². The van der Waals surface area contributed by atoms with E-state index in [0.29, 0.717) is 17.5 Å². The highest BCUT2D eigenvalue weighted by molar-refractivity contribution is 6.05. The Morgan fingerprint density at radius 1 is 1.30 bits per heavy atom. The number of carbonyl (C=O) groups excluding carboxylic acids is 3. The number of nitrogen functional groups attached to an aromatic ring is 1. The molecule has 0 bridgehead atoms. The molecule has 0 aromatic heterocycles. The number of nitrogens with zero attached hydrogens (tertiary/aromatic N) is 1. The van der Waals surface area contributed by atoms with Crippen LogP contribution in [0.3, 0.4) is 0 Å². The van der Waals surface area contributed by atoms with Gasteiger partial charge in [-0.3, -0.25) is 10.2 Å². The van der Waals surface area contributed by atoms with Crippen molar-refractivity contribution in [3.63, 3.8) is 0 Å². The number of amidine groups is 1. The lowest BCUT2D eigenvalue weighted by atomic mass is 9.99. The quantitative estimate of drug-likeness (QED) is 0.131.